The molecule has 0 aliphatic carbocycles. The smallest absolute Gasteiger partial charge is 0.0994 e. The van der Waals surface area contributed by atoms with Crippen molar-refractivity contribution in [3.05, 3.63) is 47.0 Å². The van der Waals surface area contributed by atoms with Gasteiger partial charge in [-0.05, 0) is 37.6 Å². The lowest BCUT2D eigenvalue weighted by atomic mass is 9.86. The molecule has 0 spiro atoms. The molecule has 0 amide bonds. The fourth-order valence-corrected chi connectivity index (χ4v) is 3.10. The van der Waals surface area contributed by atoms with Crippen LogP contribution in [0.3, 0.4) is 0 Å². The lowest BCUT2D eigenvalue weighted by Gasteiger charge is -2.24. The van der Waals surface area contributed by atoms with Gasteiger partial charge in [0.25, 0.3) is 0 Å². The first-order valence-corrected chi connectivity index (χ1v) is 6.98. The maximum atomic E-state index is 6.38. The van der Waals surface area contributed by atoms with E-state index in [0.717, 1.165) is 30.2 Å². The van der Waals surface area contributed by atoms with Crippen molar-refractivity contribution in [3.63, 3.8) is 0 Å². The molecule has 1 fully saturated rings. The van der Waals surface area contributed by atoms with Crippen LogP contribution < -0.4 is 5.32 Å². The van der Waals surface area contributed by atoms with Gasteiger partial charge in [0, 0.05) is 23.9 Å². The second kappa shape index (κ2) is 4.66. The Balaban J connectivity index is 2.09. The third-order valence-corrected chi connectivity index (χ3v) is 4.29. The Morgan fingerprint density at radius 1 is 1.42 bits per heavy atom. The number of rotatable bonds is 2. The van der Waals surface area contributed by atoms with E-state index in [1.165, 1.54) is 11.3 Å². The van der Waals surface area contributed by atoms with E-state index in [9.17, 15) is 0 Å². The zero-order valence-corrected chi connectivity index (χ0v) is 12.0. The predicted octanol–water partition coefficient (Wildman–Crippen LogP) is 3.09. The topological polar surface area (TPSA) is 29.9 Å². The summed E-state index contributed by atoms with van der Waals surface area (Å²) < 4.78 is 2.12. The first-order valence-electron chi connectivity index (χ1n) is 6.60. The van der Waals surface area contributed by atoms with Gasteiger partial charge >= 0.3 is 0 Å². The van der Waals surface area contributed by atoms with E-state index < -0.39 is 0 Å². The molecule has 2 heterocycles. The molecule has 4 heteroatoms. The van der Waals surface area contributed by atoms with Crippen LogP contribution in [0, 0.1) is 6.92 Å². The van der Waals surface area contributed by atoms with Crippen molar-refractivity contribution in [1.82, 2.24) is 14.9 Å². The summed E-state index contributed by atoms with van der Waals surface area (Å²) in [5.74, 6) is 0. The highest BCUT2D eigenvalue weighted by molar-refractivity contribution is 6.32. The summed E-state index contributed by atoms with van der Waals surface area (Å²) in [4.78, 5) is 4.33. The average molecular weight is 276 g/mol. The number of aromatic nitrogens is 2. The van der Waals surface area contributed by atoms with Gasteiger partial charge in [-0.2, -0.15) is 0 Å². The molecule has 1 unspecified atom stereocenters. The molecule has 1 aromatic carbocycles. The molecule has 1 N–H and O–H groups in total. The molecule has 0 saturated carbocycles. The molecule has 1 saturated heterocycles. The number of nitrogens with zero attached hydrogens (tertiary/aromatic N) is 2. The number of halogens is 1. The second-order valence-electron chi connectivity index (χ2n) is 5.59. The third-order valence-electron chi connectivity index (χ3n) is 3.99. The van der Waals surface area contributed by atoms with Crippen molar-refractivity contribution in [2.45, 2.75) is 25.7 Å². The molecular weight excluding hydrogens is 258 g/mol. The zero-order valence-electron chi connectivity index (χ0n) is 11.3. The molecule has 100 valence electrons. The minimum Gasteiger partial charge on any atom is -0.316 e. The summed E-state index contributed by atoms with van der Waals surface area (Å²) in [7, 11) is 0. The van der Waals surface area contributed by atoms with Crippen molar-refractivity contribution in [3.8, 4) is 5.69 Å². The highest BCUT2D eigenvalue weighted by Crippen LogP contribution is 2.33. The summed E-state index contributed by atoms with van der Waals surface area (Å²) in [6.45, 7) is 6.38. The van der Waals surface area contributed by atoms with Crippen molar-refractivity contribution >= 4 is 11.6 Å². The summed E-state index contributed by atoms with van der Waals surface area (Å²) >= 11 is 6.38. The van der Waals surface area contributed by atoms with E-state index in [4.69, 9.17) is 11.6 Å². The molecule has 1 aliphatic heterocycles. The third kappa shape index (κ3) is 2.17. The number of hydrogen-bond acceptors (Lipinski definition) is 2. The van der Waals surface area contributed by atoms with E-state index in [2.05, 4.69) is 33.9 Å². The largest absolute Gasteiger partial charge is 0.316 e. The van der Waals surface area contributed by atoms with Gasteiger partial charge in [-0.3, -0.25) is 0 Å². The predicted molar refractivity (Wildman–Crippen MR) is 78.1 cm³/mol. The van der Waals surface area contributed by atoms with Crippen LogP contribution in [0.1, 0.15) is 24.6 Å². The lowest BCUT2D eigenvalue weighted by Crippen LogP contribution is -2.27. The van der Waals surface area contributed by atoms with Gasteiger partial charge in [0.1, 0.15) is 0 Å². The molecule has 1 atom stereocenters. The van der Waals surface area contributed by atoms with Crippen LogP contribution >= 0.6 is 11.6 Å². The Bertz CT molecular complexity index is 597. The molecule has 3 nitrogen and oxygen atoms in total. The summed E-state index contributed by atoms with van der Waals surface area (Å²) in [6, 6.07) is 6.14. The maximum absolute atomic E-state index is 6.38. The highest BCUT2D eigenvalue weighted by Gasteiger charge is 2.33. The summed E-state index contributed by atoms with van der Waals surface area (Å²) in [6.07, 6.45) is 4.95. The molecule has 0 bridgehead atoms. The van der Waals surface area contributed by atoms with E-state index in [1.807, 2.05) is 25.5 Å². The van der Waals surface area contributed by atoms with Crippen LogP contribution in [-0.2, 0) is 5.41 Å². The number of benzene rings is 1. The Labute approximate surface area is 118 Å². The first-order chi connectivity index (χ1) is 9.10. The molecular formula is C15H18ClN3. The van der Waals surface area contributed by atoms with Crippen molar-refractivity contribution in [2.24, 2.45) is 0 Å². The summed E-state index contributed by atoms with van der Waals surface area (Å²) in [5.41, 5.74) is 3.53. The van der Waals surface area contributed by atoms with E-state index in [0.29, 0.717) is 0 Å². The Morgan fingerprint density at radius 3 is 2.95 bits per heavy atom. The van der Waals surface area contributed by atoms with Crippen LogP contribution in [0.2, 0.25) is 5.02 Å². The lowest BCUT2D eigenvalue weighted by molar-refractivity contribution is 0.499. The zero-order chi connectivity index (χ0) is 13.5. The molecule has 1 aliphatic rings. The second-order valence-corrected chi connectivity index (χ2v) is 6.00. The van der Waals surface area contributed by atoms with Gasteiger partial charge in [-0.25, -0.2) is 4.98 Å². The van der Waals surface area contributed by atoms with Crippen molar-refractivity contribution < 1.29 is 0 Å². The van der Waals surface area contributed by atoms with E-state index in [-0.39, 0.29) is 5.41 Å². The molecule has 3 rings (SSSR count). The maximum Gasteiger partial charge on any atom is 0.0994 e. The van der Waals surface area contributed by atoms with Crippen LogP contribution in [-0.4, -0.2) is 22.6 Å². The summed E-state index contributed by atoms with van der Waals surface area (Å²) in [5, 5.41) is 4.20. The van der Waals surface area contributed by atoms with Gasteiger partial charge in [0.15, 0.2) is 0 Å². The Morgan fingerprint density at radius 2 is 2.26 bits per heavy atom. The quantitative estimate of drug-likeness (QED) is 0.913. The Hall–Kier alpha value is -1.32. The first kappa shape index (κ1) is 12.7. The fraction of sp³-hybridized carbons (Fsp3) is 0.400. The van der Waals surface area contributed by atoms with Crippen LogP contribution in [0.4, 0.5) is 0 Å². The Kier molecular flexibility index (Phi) is 3.11. The van der Waals surface area contributed by atoms with Crippen LogP contribution in [0.5, 0.6) is 0 Å². The normalized spacial score (nSPS) is 22.9. The number of nitrogens with one attached hydrogen (secondary N) is 1. The fourth-order valence-electron chi connectivity index (χ4n) is 2.78. The average Bonchev–Trinajstić information content (AvgIpc) is 2.98. The SMILES string of the molecule is Cc1ccc(-n2cncc2C2(C)CCNC2)c(Cl)c1. The van der Waals surface area contributed by atoms with Gasteiger partial charge in [0.05, 0.1) is 17.0 Å². The van der Waals surface area contributed by atoms with E-state index >= 15 is 0 Å². The van der Waals surface area contributed by atoms with E-state index in [1.54, 1.807) is 0 Å². The van der Waals surface area contributed by atoms with Gasteiger partial charge < -0.3 is 9.88 Å². The monoisotopic (exact) mass is 275 g/mol. The molecule has 1 aromatic heterocycles. The number of imidazole rings is 1. The standard InChI is InChI=1S/C15H18ClN3/c1-11-3-4-13(12(16)7-11)19-10-18-8-14(19)15(2)5-6-17-9-15/h3-4,7-8,10,17H,5-6,9H2,1-2H3. The van der Waals surface area contributed by atoms with Gasteiger partial charge in [0.2, 0.25) is 0 Å². The molecule has 2 aromatic rings. The minimum atomic E-state index is 0.130. The van der Waals surface area contributed by atoms with Crippen LogP contribution in [0.15, 0.2) is 30.7 Å². The number of hydrogen-bond donors (Lipinski definition) is 1. The van der Waals surface area contributed by atoms with Crippen molar-refractivity contribution in [1.29, 1.82) is 0 Å². The molecule has 0 radical (unpaired) electrons. The van der Waals surface area contributed by atoms with Gasteiger partial charge in [-0.15, -0.1) is 0 Å². The highest BCUT2D eigenvalue weighted by atomic mass is 35.5. The van der Waals surface area contributed by atoms with Crippen LogP contribution in [0.25, 0.3) is 5.69 Å². The number of aryl methyl sites for hydroxylation is 1. The van der Waals surface area contributed by atoms with Crippen molar-refractivity contribution in [2.75, 3.05) is 13.1 Å². The minimum absolute atomic E-state index is 0.130. The molecule has 19 heavy (non-hydrogen) atoms. The van der Waals surface area contributed by atoms with Gasteiger partial charge in [-0.1, -0.05) is 24.6 Å².